The van der Waals surface area contributed by atoms with Gasteiger partial charge in [0.05, 0.1) is 4.90 Å². The van der Waals surface area contributed by atoms with E-state index in [2.05, 4.69) is 15.9 Å². The molecule has 102 valence electrons. The Morgan fingerprint density at radius 3 is 2.53 bits per heavy atom. The fourth-order valence-electron chi connectivity index (χ4n) is 2.20. The van der Waals surface area contributed by atoms with Crippen LogP contribution in [0.4, 0.5) is 0 Å². The smallest absolute Gasteiger partial charge is 0.175 e. The number of methoxy groups -OCH3 is 1. The highest BCUT2D eigenvalue weighted by Crippen LogP contribution is 2.38. The lowest BCUT2D eigenvalue weighted by Crippen LogP contribution is -2.29. The van der Waals surface area contributed by atoms with E-state index in [4.69, 9.17) is 4.74 Å². The first-order valence-electron chi connectivity index (χ1n) is 5.79. The molecule has 1 aromatic carbocycles. The number of allylic oxidation sites excluding steroid dienone is 2. The Morgan fingerprint density at radius 2 is 2.00 bits per heavy atom. The molecule has 0 aromatic heterocycles. The van der Waals surface area contributed by atoms with Crippen LogP contribution in [0.3, 0.4) is 0 Å². The lowest BCUT2D eigenvalue weighted by molar-refractivity contribution is 0.0283. The van der Waals surface area contributed by atoms with Gasteiger partial charge in [-0.3, -0.25) is 0 Å². The van der Waals surface area contributed by atoms with Crippen LogP contribution in [-0.2, 0) is 20.2 Å². The molecule has 1 atom stereocenters. The minimum atomic E-state index is -3.29. The Kier molecular flexibility index (Phi) is 3.99. The van der Waals surface area contributed by atoms with Crippen LogP contribution in [0.15, 0.2) is 51.9 Å². The Bertz CT molecular complexity index is 646. The molecule has 0 heterocycles. The zero-order chi connectivity index (χ0) is 14.1. The molecule has 5 heteroatoms. The van der Waals surface area contributed by atoms with Crippen LogP contribution < -0.4 is 0 Å². The molecule has 1 aliphatic carbocycles. The maximum atomic E-state index is 11.9. The van der Waals surface area contributed by atoms with Gasteiger partial charge in [-0.15, -0.1) is 0 Å². The maximum absolute atomic E-state index is 11.9. The molecular weight excluding hydrogens is 328 g/mol. The largest absolute Gasteiger partial charge is 0.369 e. The average molecular weight is 343 g/mol. The minimum absolute atomic E-state index is 0.313. The van der Waals surface area contributed by atoms with Crippen molar-refractivity contribution in [2.75, 3.05) is 13.4 Å². The van der Waals surface area contributed by atoms with Crippen molar-refractivity contribution in [3.05, 3.63) is 52.5 Å². The Balaban J connectivity index is 2.61. The van der Waals surface area contributed by atoms with Crippen LogP contribution in [0, 0.1) is 0 Å². The van der Waals surface area contributed by atoms with Crippen molar-refractivity contribution in [3.63, 3.8) is 0 Å². The van der Waals surface area contributed by atoms with Gasteiger partial charge in [-0.25, -0.2) is 8.42 Å². The quantitative estimate of drug-likeness (QED) is 0.847. The number of rotatable bonds is 3. The molecule has 0 N–H and O–H groups in total. The van der Waals surface area contributed by atoms with Crippen LogP contribution in [0.2, 0.25) is 0 Å². The predicted molar refractivity (Wildman–Crippen MR) is 79.0 cm³/mol. The Hall–Kier alpha value is -0.910. The van der Waals surface area contributed by atoms with E-state index >= 15 is 0 Å². The summed E-state index contributed by atoms with van der Waals surface area (Å²) in [4.78, 5) is 0.313. The van der Waals surface area contributed by atoms with E-state index in [9.17, 15) is 8.42 Å². The molecule has 3 nitrogen and oxygen atoms in total. The molecule has 0 saturated heterocycles. The van der Waals surface area contributed by atoms with Crippen LogP contribution >= 0.6 is 15.9 Å². The van der Waals surface area contributed by atoms with Gasteiger partial charge in [0.2, 0.25) is 0 Å². The van der Waals surface area contributed by atoms with E-state index in [0.717, 1.165) is 4.48 Å². The second kappa shape index (κ2) is 5.23. The Labute approximate surface area is 122 Å². The van der Waals surface area contributed by atoms with Crippen LogP contribution in [0.25, 0.3) is 0 Å². The van der Waals surface area contributed by atoms with Crippen molar-refractivity contribution in [1.29, 1.82) is 0 Å². The maximum Gasteiger partial charge on any atom is 0.175 e. The number of sulfone groups is 1. The third-order valence-electron chi connectivity index (χ3n) is 3.22. The standard InChI is InChI=1S/C14H15BrO3S/c1-18-14(9-7-11(15)8-10-14)12-5-3-4-6-13(12)19(2,16)17/h3-9H,10H2,1-2H3. The van der Waals surface area contributed by atoms with E-state index in [0.29, 0.717) is 16.9 Å². The summed E-state index contributed by atoms with van der Waals surface area (Å²) in [5.74, 6) is 0. The molecule has 0 aliphatic heterocycles. The molecule has 19 heavy (non-hydrogen) atoms. The monoisotopic (exact) mass is 342 g/mol. The third-order valence-corrected chi connectivity index (χ3v) is 4.96. The van der Waals surface area contributed by atoms with E-state index in [1.807, 2.05) is 24.3 Å². The molecule has 1 unspecified atom stereocenters. The molecule has 0 radical (unpaired) electrons. The van der Waals surface area contributed by atoms with Crippen LogP contribution in [0.1, 0.15) is 12.0 Å². The van der Waals surface area contributed by atoms with E-state index in [1.54, 1.807) is 25.3 Å². The summed E-state index contributed by atoms with van der Waals surface area (Å²) in [7, 11) is -1.70. The minimum Gasteiger partial charge on any atom is -0.369 e. The summed E-state index contributed by atoms with van der Waals surface area (Å²) in [5.41, 5.74) is -0.0516. The second-order valence-corrected chi connectivity index (χ2v) is 7.39. The van der Waals surface area contributed by atoms with Gasteiger partial charge in [-0.05, 0) is 18.2 Å². The highest BCUT2D eigenvalue weighted by Gasteiger charge is 2.34. The number of halogens is 1. The molecule has 0 bridgehead atoms. The third kappa shape index (κ3) is 2.83. The van der Waals surface area contributed by atoms with E-state index < -0.39 is 15.4 Å². The fourth-order valence-corrected chi connectivity index (χ4v) is 3.46. The highest BCUT2D eigenvalue weighted by atomic mass is 79.9. The molecule has 0 spiro atoms. The average Bonchev–Trinajstić information content (AvgIpc) is 2.39. The molecule has 0 saturated carbocycles. The Morgan fingerprint density at radius 1 is 1.32 bits per heavy atom. The van der Waals surface area contributed by atoms with Gasteiger partial charge < -0.3 is 4.74 Å². The molecule has 1 aromatic rings. The van der Waals surface area contributed by atoms with Crippen molar-refractivity contribution in [1.82, 2.24) is 0 Å². The molecule has 0 fully saturated rings. The number of hydrogen-bond donors (Lipinski definition) is 0. The second-order valence-electron chi connectivity index (χ2n) is 4.49. The molecule has 2 rings (SSSR count). The number of hydrogen-bond acceptors (Lipinski definition) is 3. The summed E-state index contributed by atoms with van der Waals surface area (Å²) in [5, 5.41) is 0. The molecule has 0 amide bonds. The van der Waals surface area contributed by atoms with Crippen molar-refractivity contribution in [3.8, 4) is 0 Å². The van der Waals surface area contributed by atoms with Crippen LogP contribution in [0.5, 0.6) is 0 Å². The molecular formula is C14H15BrO3S. The number of benzene rings is 1. The topological polar surface area (TPSA) is 43.4 Å². The van der Waals surface area contributed by atoms with E-state index in [1.165, 1.54) is 6.26 Å². The first-order valence-corrected chi connectivity index (χ1v) is 8.47. The van der Waals surface area contributed by atoms with E-state index in [-0.39, 0.29) is 0 Å². The summed E-state index contributed by atoms with van der Waals surface area (Å²) in [6.07, 6.45) is 7.55. The van der Waals surface area contributed by atoms with Crippen LogP contribution in [-0.4, -0.2) is 21.8 Å². The lowest BCUT2D eigenvalue weighted by atomic mass is 9.87. The summed E-state index contributed by atoms with van der Waals surface area (Å²) in [6.45, 7) is 0. The van der Waals surface area contributed by atoms with Gasteiger partial charge >= 0.3 is 0 Å². The van der Waals surface area contributed by atoms with Crippen molar-refractivity contribution < 1.29 is 13.2 Å². The van der Waals surface area contributed by atoms with Crippen molar-refractivity contribution in [2.45, 2.75) is 16.9 Å². The first-order chi connectivity index (χ1) is 8.89. The normalized spacial score (nSPS) is 23.2. The van der Waals surface area contributed by atoms with Gasteiger partial charge in [-0.2, -0.15) is 0 Å². The summed E-state index contributed by atoms with van der Waals surface area (Å²) < 4.78 is 30.4. The SMILES string of the molecule is COC1(c2ccccc2S(C)(=O)=O)C=CC(Br)=CC1. The zero-order valence-corrected chi connectivity index (χ0v) is 13.2. The summed E-state index contributed by atoms with van der Waals surface area (Å²) in [6, 6.07) is 6.97. The van der Waals surface area contributed by atoms with Gasteiger partial charge in [0.25, 0.3) is 0 Å². The highest BCUT2D eigenvalue weighted by molar-refractivity contribution is 9.11. The molecule has 1 aliphatic rings. The first kappa shape index (κ1) is 14.5. The fraction of sp³-hybridized carbons (Fsp3) is 0.286. The van der Waals surface area contributed by atoms with Gasteiger partial charge in [-0.1, -0.05) is 40.2 Å². The predicted octanol–water partition coefficient (Wildman–Crippen LogP) is 3.17. The zero-order valence-electron chi connectivity index (χ0n) is 10.8. The number of ether oxygens (including phenoxy) is 1. The van der Waals surface area contributed by atoms with Gasteiger partial charge in [0.15, 0.2) is 9.84 Å². The van der Waals surface area contributed by atoms with Gasteiger partial charge in [0, 0.05) is 29.8 Å². The van der Waals surface area contributed by atoms with Crippen molar-refractivity contribution in [2.24, 2.45) is 0 Å². The lowest BCUT2D eigenvalue weighted by Gasteiger charge is -2.32. The van der Waals surface area contributed by atoms with Gasteiger partial charge in [0.1, 0.15) is 5.60 Å². The summed E-state index contributed by atoms with van der Waals surface area (Å²) >= 11 is 3.40. The van der Waals surface area contributed by atoms with Crippen molar-refractivity contribution >= 4 is 25.8 Å².